The second-order valence-electron chi connectivity index (χ2n) is 3.51. The average molecular weight is 282 g/mol. The van der Waals surface area contributed by atoms with Crippen LogP contribution < -0.4 is 14.9 Å². The third-order valence-corrected chi connectivity index (χ3v) is 2.99. The summed E-state index contributed by atoms with van der Waals surface area (Å²) in [6.07, 6.45) is 0. The fourth-order valence-electron chi connectivity index (χ4n) is 1.40. The van der Waals surface area contributed by atoms with Crippen LogP contribution in [0.3, 0.4) is 0 Å². The molecule has 0 aromatic carbocycles. The Hall–Kier alpha value is -2.42. The molecule has 0 amide bonds. The normalized spacial score (nSPS) is 10.2. The van der Waals surface area contributed by atoms with E-state index >= 15 is 0 Å². The lowest BCUT2D eigenvalue weighted by atomic mass is 10.3. The van der Waals surface area contributed by atoms with E-state index in [0.29, 0.717) is 5.69 Å². The summed E-state index contributed by atoms with van der Waals surface area (Å²) in [5.74, 6) is 0.364. The topological polar surface area (TPSA) is 110 Å². The number of nitrogens with zero attached hydrogens (tertiary/aromatic N) is 2. The smallest absolute Gasteiger partial charge is 0.311 e. The highest BCUT2D eigenvalue weighted by molar-refractivity contribution is 7.07. The first-order valence-corrected chi connectivity index (χ1v) is 6.08. The molecule has 0 bridgehead atoms. The maximum absolute atomic E-state index is 11.0. The minimum absolute atomic E-state index is 0.0939. The molecule has 100 valence electrons. The molecule has 2 aromatic rings. The van der Waals surface area contributed by atoms with Crippen LogP contribution >= 0.6 is 11.3 Å². The number of hydrogen-bond acceptors (Lipinski definition) is 7. The number of nitro groups is 1. The largest absolute Gasteiger partial charge is 0.481 e. The number of nitrogens with one attached hydrogen (secondary N) is 2. The summed E-state index contributed by atoms with van der Waals surface area (Å²) >= 11 is 1.03. The minimum Gasteiger partial charge on any atom is -0.481 e. The Morgan fingerprint density at radius 1 is 1.58 bits per heavy atom. The lowest BCUT2D eigenvalue weighted by Gasteiger charge is -2.06. The molecule has 0 aliphatic rings. The first-order valence-electron chi connectivity index (χ1n) is 5.20. The summed E-state index contributed by atoms with van der Waals surface area (Å²) in [6, 6.07) is 2.72. The van der Waals surface area contributed by atoms with E-state index in [0.717, 1.165) is 11.3 Å². The third-order valence-electron chi connectivity index (χ3n) is 2.27. The van der Waals surface area contributed by atoms with Crippen molar-refractivity contribution in [1.82, 2.24) is 9.97 Å². The molecule has 0 spiro atoms. The van der Waals surface area contributed by atoms with Gasteiger partial charge in [-0.15, -0.1) is 0 Å². The first-order chi connectivity index (χ1) is 9.10. The molecule has 0 saturated carbocycles. The quantitative estimate of drug-likeness (QED) is 0.633. The molecule has 8 nitrogen and oxygen atoms in total. The Morgan fingerprint density at radius 2 is 2.37 bits per heavy atom. The van der Waals surface area contributed by atoms with Crippen LogP contribution in [0.15, 0.2) is 22.3 Å². The van der Waals surface area contributed by atoms with E-state index in [-0.39, 0.29) is 28.8 Å². The molecular formula is C10H10N4O4S. The van der Waals surface area contributed by atoms with Gasteiger partial charge in [-0.05, 0) is 0 Å². The van der Waals surface area contributed by atoms with Crippen molar-refractivity contribution in [3.05, 3.63) is 43.0 Å². The first kappa shape index (κ1) is 13.0. The van der Waals surface area contributed by atoms with Crippen molar-refractivity contribution in [2.24, 2.45) is 0 Å². The molecule has 0 unspecified atom stereocenters. The van der Waals surface area contributed by atoms with Gasteiger partial charge in [-0.25, -0.2) is 0 Å². The fourth-order valence-corrected chi connectivity index (χ4v) is 1.99. The number of aromatic nitrogens is 2. The van der Waals surface area contributed by atoms with Crippen molar-refractivity contribution in [2.75, 3.05) is 12.4 Å². The van der Waals surface area contributed by atoms with Crippen molar-refractivity contribution in [1.29, 1.82) is 0 Å². The van der Waals surface area contributed by atoms with E-state index in [4.69, 9.17) is 4.74 Å². The van der Waals surface area contributed by atoms with Crippen molar-refractivity contribution in [3.63, 3.8) is 0 Å². The summed E-state index contributed by atoms with van der Waals surface area (Å²) < 4.78 is 4.92. The van der Waals surface area contributed by atoms with Crippen LogP contribution in [0.2, 0.25) is 0 Å². The number of aromatic amines is 1. The fraction of sp³-hybridized carbons (Fsp3) is 0.200. The van der Waals surface area contributed by atoms with Gasteiger partial charge in [0.05, 0.1) is 18.6 Å². The van der Waals surface area contributed by atoms with Crippen molar-refractivity contribution in [3.8, 4) is 5.88 Å². The molecule has 0 fully saturated rings. The van der Waals surface area contributed by atoms with Crippen molar-refractivity contribution in [2.45, 2.75) is 6.54 Å². The molecular weight excluding hydrogens is 272 g/mol. The van der Waals surface area contributed by atoms with E-state index < -0.39 is 4.92 Å². The van der Waals surface area contributed by atoms with Gasteiger partial charge in [0.15, 0.2) is 0 Å². The highest BCUT2D eigenvalue weighted by Crippen LogP contribution is 2.25. The number of ether oxygens (including phenoxy) is 1. The minimum atomic E-state index is -0.537. The molecule has 9 heteroatoms. The summed E-state index contributed by atoms with van der Waals surface area (Å²) in [5, 5.41) is 15.3. The number of pyridine rings is 1. The number of hydrogen-bond donors (Lipinski definition) is 2. The van der Waals surface area contributed by atoms with Gasteiger partial charge in [0.1, 0.15) is 0 Å². The monoisotopic (exact) mass is 282 g/mol. The Kier molecular flexibility index (Phi) is 3.76. The summed E-state index contributed by atoms with van der Waals surface area (Å²) in [7, 11) is 1.42. The standard InChI is InChI=1S/C10H10N4O4S/c1-18-8-3-2-7(14(16)17)9(13-8)11-4-6-5-19-10(15)12-6/h2-3,5H,4H2,1H3,(H,11,13)(H,12,15). The Labute approximate surface area is 111 Å². The zero-order chi connectivity index (χ0) is 13.8. The predicted octanol–water partition coefficient (Wildman–Crippen LogP) is 1.36. The number of anilines is 1. The zero-order valence-corrected chi connectivity index (χ0v) is 10.7. The van der Waals surface area contributed by atoms with Gasteiger partial charge in [-0.1, -0.05) is 11.3 Å². The van der Waals surface area contributed by atoms with E-state index in [1.54, 1.807) is 5.38 Å². The van der Waals surface area contributed by atoms with Crippen molar-refractivity contribution < 1.29 is 9.66 Å². The molecule has 2 aromatic heterocycles. The Bertz CT molecular complexity index is 651. The molecule has 0 atom stereocenters. The molecule has 2 heterocycles. The number of thiazole rings is 1. The van der Waals surface area contributed by atoms with Crippen LogP contribution in [0.25, 0.3) is 0 Å². The molecule has 0 aliphatic heterocycles. The number of methoxy groups -OCH3 is 1. The molecule has 2 rings (SSSR count). The lowest BCUT2D eigenvalue weighted by molar-refractivity contribution is -0.384. The predicted molar refractivity (Wildman–Crippen MR) is 69.7 cm³/mol. The van der Waals surface area contributed by atoms with Gasteiger partial charge in [0, 0.05) is 23.2 Å². The zero-order valence-electron chi connectivity index (χ0n) is 9.87. The average Bonchev–Trinajstić information content (AvgIpc) is 2.81. The number of rotatable bonds is 5. The van der Waals surface area contributed by atoms with Gasteiger partial charge in [0.25, 0.3) is 0 Å². The van der Waals surface area contributed by atoms with Crippen LogP contribution in [-0.4, -0.2) is 22.0 Å². The van der Waals surface area contributed by atoms with Crippen LogP contribution in [0, 0.1) is 10.1 Å². The Balaban J connectivity index is 2.22. The maximum Gasteiger partial charge on any atom is 0.311 e. The summed E-state index contributed by atoms with van der Waals surface area (Å²) in [5.41, 5.74) is 0.479. The van der Waals surface area contributed by atoms with Gasteiger partial charge in [-0.2, -0.15) is 4.98 Å². The summed E-state index contributed by atoms with van der Waals surface area (Å²) in [6.45, 7) is 0.236. The Morgan fingerprint density at radius 3 is 2.95 bits per heavy atom. The summed E-state index contributed by atoms with van der Waals surface area (Å²) in [4.78, 5) is 27.7. The van der Waals surface area contributed by atoms with Gasteiger partial charge >= 0.3 is 10.6 Å². The van der Waals surface area contributed by atoms with Crippen LogP contribution in [0.4, 0.5) is 11.5 Å². The van der Waals surface area contributed by atoms with Gasteiger partial charge in [-0.3, -0.25) is 14.9 Å². The molecule has 0 aliphatic carbocycles. The van der Waals surface area contributed by atoms with E-state index in [2.05, 4.69) is 15.3 Å². The molecule has 0 saturated heterocycles. The highest BCUT2D eigenvalue weighted by Gasteiger charge is 2.16. The molecule has 2 N–H and O–H groups in total. The second-order valence-corrected chi connectivity index (χ2v) is 4.35. The van der Waals surface area contributed by atoms with E-state index in [1.165, 1.54) is 19.2 Å². The van der Waals surface area contributed by atoms with Gasteiger partial charge in [0.2, 0.25) is 11.7 Å². The third kappa shape index (κ3) is 3.07. The second kappa shape index (κ2) is 5.48. The molecule has 19 heavy (non-hydrogen) atoms. The van der Waals surface area contributed by atoms with E-state index in [1.807, 2.05) is 0 Å². The van der Waals surface area contributed by atoms with Crippen LogP contribution in [0.5, 0.6) is 5.88 Å². The molecule has 0 radical (unpaired) electrons. The van der Waals surface area contributed by atoms with Crippen LogP contribution in [0.1, 0.15) is 5.69 Å². The van der Waals surface area contributed by atoms with Crippen LogP contribution in [-0.2, 0) is 6.54 Å². The highest BCUT2D eigenvalue weighted by atomic mass is 32.1. The maximum atomic E-state index is 11.0. The van der Waals surface area contributed by atoms with E-state index in [9.17, 15) is 14.9 Å². The lowest BCUT2D eigenvalue weighted by Crippen LogP contribution is -2.07. The number of H-pyrrole nitrogens is 1. The SMILES string of the molecule is COc1ccc([N+](=O)[O-])c(NCc2csc(=O)[nH]2)n1. The van der Waals surface area contributed by atoms with Gasteiger partial charge < -0.3 is 15.0 Å². The van der Waals surface area contributed by atoms with Crippen molar-refractivity contribution >= 4 is 22.8 Å².